The summed E-state index contributed by atoms with van der Waals surface area (Å²) in [6.07, 6.45) is 3.42. The lowest BCUT2D eigenvalue weighted by Crippen LogP contribution is -2.45. The zero-order valence-corrected chi connectivity index (χ0v) is 15.8. The first-order valence-corrected chi connectivity index (χ1v) is 9.15. The topological polar surface area (TPSA) is 54.1 Å². The molecular formula is C23H21FN4. The Bertz CT molecular complexity index is 936. The molecule has 0 amide bonds. The second-order valence-electron chi connectivity index (χ2n) is 6.67. The number of halogens is 1. The fraction of sp³-hybridized carbons (Fsp3) is 0.217. The molecular weight excluding hydrogens is 351 g/mol. The van der Waals surface area contributed by atoms with E-state index < -0.39 is 0 Å². The van der Waals surface area contributed by atoms with Gasteiger partial charge in [-0.25, -0.2) is 4.39 Å². The van der Waals surface area contributed by atoms with Crippen molar-refractivity contribution in [2.75, 3.05) is 31.1 Å². The smallest absolute Gasteiger partial charge is 0.129 e. The van der Waals surface area contributed by atoms with Gasteiger partial charge in [-0.15, -0.1) is 0 Å². The molecule has 140 valence electrons. The Morgan fingerprint density at radius 3 is 2.07 bits per heavy atom. The van der Waals surface area contributed by atoms with Gasteiger partial charge in [0.25, 0.3) is 0 Å². The SMILES string of the molecule is Cc1ccc(/C(=C/C=C(C#N)C#N)N2CCN(c3ccc(F)cc3)CC2)cc1. The largest absolute Gasteiger partial charge is 0.368 e. The van der Waals surface area contributed by atoms with Crippen molar-refractivity contribution in [1.29, 1.82) is 10.5 Å². The molecule has 0 aliphatic carbocycles. The number of anilines is 1. The number of benzene rings is 2. The van der Waals surface area contributed by atoms with E-state index in [1.807, 2.05) is 25.1 Å². The van der Waals surface area contributed by atoms with Crippen molar-refractivity contribution in [2.45, 2.75) is 6.92 Å². The molecule has 0 atom stereocenters. The van der Waals surface area contributed by atoms with Crippen LogP contribution in [0.15, 0.2) is 66.3 Å². The third kappa shape index (κ3) is 4.58. The molecule has 1 saturated heterocycles. The second-order valence-corrected chi connectivity index (χ2v) is 6.67. The average Bonchev–Trinajstić information content (AvgIpc) is 2.73. The molecule has 2 aromatic carbocycles. The molecule has 2 aromatic rings. The number of hydrogen-bond donors (Lipinski definition) is 0. The van der Waals surface area contributed by atoms with Gasteiger partial charge in [0.1, 0.15) is 23.5 Å². The number of nitrogens with zero attached hydrogens (tertiary/aromatic N) is 4. The third-order valence-corrected chi connectivity index (χ3v) is 4.81. The first kappa shape index (κ1) is 19.2. The van der Waals surface area contributed by atoms with Gasteiger partial charge in [-0.1, -0.05) is 29.8 Å². The summed E-state index contributed by atoms with van der Waals surface area (Å²) in [5.74, 6) is -0.232. The lowest BCUT2D eigenvalue weighted by atomic mass is 10.1. The zero-order valence-electron chi connectivity index (χ0n) is 15.8. The molecule has 1 heterocycles. The van der Waals surface area contributed by atoms with Crippen molar-refractivity contribution in [3.8, 4) is 12.1 Å². The average molecular weight is 372 g/mol. The van der Waals surface area contributed by atoms with Gasteiger partial charge in [0.05, 0.1) is 0 Å². The summed E-state index contributed by atoms with van der Waals surface area (Å²) < 4.78 is 13.2. The predicted molar refractivity (Wildman–Crippen MR) is 109 cm³/mol. The molecule has 0 spiro atoms. The van der Waals surface area contributed by atoms with Crippen LogP contribution in [0.1, 0.15) is 11.1 Å². The van der Waals surface area contributed by atoms with Gasteiger partial charge in [0.2, 0.25) is 0 Å². The summed E-state index contributed by atoms with van der Waals surface area (Å²) in [7, 11) is 0. The molecule has 0 N–H and O–H groups in total. The van der Waals surface area contributed by atoms with Crippen LogP contribution in [0.5, 0.6) is 0 Å². The molecule has 0 radical (unpaired) electrons. The van der Waals surface area contributed by atoms with E-state index in [9.17, 15) is 4.39 Å². The van der Waals surface area contributed by atoms with Crippen molar-refractivity contribution in [3.05, 3.63) is 83.2 Å². The van der Waals surface area contributed by atoms with E-state index in [0.717, 1.165) is 43.1 Å². The minimum Gasteiger partial charge on any atom is -0.368 e. The number of piperazine rings is 1. The van der Waals surface area contributed by atoms with Gasteiger partial charge in [0.15, 0.2) is 0 Å². The van der Waals surface area contributed by atoms with Crippen LogP contribution >= 0.6 is 0 Å². The highest BCUT2D eigenvalue weighted by Crippen LogP contribution is 2.24. The number of aryl methyl sites for hydroxylation is 1. The lowest BCUT2D eigenvalue weighted by molar-refractivity contribution is 0.367. The Kier molecular flexibility index (Phi) is 6.09. The Morgan fingerprint density at radius 2 is 1.50 bits per heavy atom. The van der Waals surface area contributed by atoms with Crippen molar-refractivity contribution >= 4 is 11.4 Å². The third-order valence-electron chi connectivity index (χ3n) is 4.81. The summed E-state index contributed by atoms with van der Waals surface area (Å²) in [4.78, 5) is 4.49. The van der Waals surface area contributed by atoms with Crippen LogP contribution in [0.2, 0.25) is 0 Å². The highest BCUT2D eigenvalue weighted by Gasteiger charge is 2.20. The minimum absolute atomic E-state index is 0.0783. The zero-order chi connectivity index (χ0) is 19.9. The molecule has 0 bridgehead atoms. The predicted octanol–water partition coefficient (Wildman–Crippen LogP) is 4.27. The molecule has 0 saturated carbocycles. The first-order valence-electron chi connectivity index (χ1n) is 9.15. The molecule has 3 rings (SSSR count). The fourth-order valence-corrected chi connectivity index (χ4v) is 3.23. The molecule has 1 aliphatic rings. The maximum absolute atomic E-state index is 13.2. The van der Waals surface area contributed by atoms with E-state index in [1.54, 1.807) is 18.2 Å². The minimum atomic E-state index is -0.232. The Morgan fingerprint density at radius 1 is 0.893 bits per heavy atom. The van der Waals surface area contributed by atoms with Crippen molar-refractivity contribution in [3.63, 3.8) is 0 Å². The van der Waals surface area contributed by atoms with E-state index in [-0.39, 0.29) is 11.4 Å². The summed E-state index contributed by atoms with van der Waals surface area (Å²) in [5, 5.41) is 18.0. The normalized spacial score (nSPS) is 14.2. The van der Waals surface area contributed by atoms with Crippen LogP contribution < -0.4 is 4.90 Å². The van der Waals surface area contributed by atoms with Crippen molar-refractivity contribution in [1.82, 2.24) is 4.90 Å². The van der Waals surface area contributed by atoms with Crippen LogP contribution in [0, 0.1) is 35.4 Å². The van der Waals surface area contributed by atoms with Crippen LogP contribution in [0.4, 0.5) is 10.1 Å². The van der Waals surface area contributed by atoms with E-state index in [0.29, 0.717) is 0 Å². The molecule has 0 unspecified atom stereocenters. The quantitative estimate of drug-likeness (QED) is 0.594. The van der Waals surface area contributed by atoms with E-state index in [2.05, 4.69) is 34.1 Å². The lowest BCUT2D eigenvalue weighted by Gasteiger charge is -2.38. The van der Waals surface area contributed by atoms with Crippen LogP contribution in [0.25, 0.3) is 5.70 Å². The second kappa shape index (κ2) is 8.88. The molecule has 0 aromatic heterocycles. The molecule has 5 heteroatoms. The van der Waals surface area contributed by atoms with E-state index in [1.165, 1.54) is 17.7 Å². The molecule has 28 heavy (non-hydrogen) atoms. The first-order chi connectivity index (χ1) is 13.6. The van der Waals surface area contributed by atoms with E-state index in [4.69, 9.17) is 10.5 Å². The highest BCUT2D eigenvalue weighted by molar-refractivity contribution is 5.67. The highest BCUT2D eigenvalue weighted by atomic mass is 19.1. The number of rotatable bonds is 4. The van der Waals surface area contributed by atoms with Gasteiger partial charge in [-0.05, 0) is 48.9 Å². The van der Waals surface area contributed by atoms with Gasteiger partial charge >= 0.3 is 0 Å². The van der Waals surface area contributed by atoms with Crippen LogP contribution in [-0.4, -0.2) is 31.1 Å². The summed E-state index contributed by atoms with van der Waals surface area (Å²) in [5.41, 5.74) is 4.30. The Balaban J connectivity index is 1.82. The van der Waals surface area contributed by atoms with Crippen molar-refractivity contribution in [2.24, 2.45) is 0 Å². The van der Waals surface area contributed by atoms with Gasteiger partial charge < -0.3 is 9.80 Å². The van der Waals surface area contributed by atoms with Gasteiger partial charge in [-0.3, -0.25) is 0 Å². The fourth-order valence-electron chi connectivity index (χ4n) is 3.23. The standard InChI is InChI=1S/C23H21FN4/c1-18-2-5-20(6-3-18)23(11-4-19(16-25)17-26)28-14-12-27(13-15-28)22-9-7-21(24)8-10-22/h2-11H,12-15H2,1H3/b23-11-. The van der Waals surface area contributed by atoms with Gasteiger partial charge in [0, 0.05) is 37.6 Å². The molecule has 1 aliphatic heterocycles. The maximum atomic E-state index is 13.2. The Hall–Kier alpha value is -3.57. The number of nitriles is 2. The summed E-state index contributed by atoms with van der Waals surface area (Å²) in [6, 6.07) is 18.6. The van der Waals surface area contributed by atoms with Crippen LogP contribution in [-0.2, 0) is 0 Å². The van der Waals surface area contributed by atoms with E-state index >= 15 is 0 Å². The molecule has 4 nitrogen and oxygen atoms in total. The maximum Gasteiger partial charge on any atom is 0.129 e. The Labute approximate surface area is 165 Å². The number of allylic oxidation sites excluding steroid dienone is 3. The summed E-state index contributed by atoms with van der Waals surface area (Å²) >= 11 is 0. The van der Waals surface area contributed by atoms with Crippen LogP contribution in [0.3, 0.4) is 0 Å². The van der Waals surface area contributed by atoms with Crippen molar-refractivity contribution < 1.29 is 4.39 Å². The number of hydrogen-bond acceptors (Lipinski definition) is 4. The summed E-state index contributed by atoms with van der Waals surface area (Å²) in [6.45, 7) is 5.24. The molecule has 1 fully saturated rings. The monoisotopic (exact) mass is 372 g/mol. The van der Waals surface area contributed by atoms with Gasteiger partial charge in [-0.2, -0.15) is 10.5 Å².